The van der Waals surface area contributed by atoms with Gasteiger partial charge in [-0.25, -0.2) is 0 Å². The Morgan fingerprint density at radius 2 is 1.62 bits per heavy atom. The van der Waals surface area contributed by atoms with Crippen molar-refractivity contribution in [2.45, 2.75) is 76.4 Å². The second-order valence-corrected chi connectivity index (χ2v) is 6.96. The maximum absolute atomic E-state index is 6.00. The van der Waals surface area contributed by atoms with E-state index >= 15 is 0 Å². The van der Waals surface area contributed by atoms with Crippen molar-refractivity contribution >= 4 is 29.6 Å². The molecule has 1 aliphatic heterocycles. The molecule has 0 saturated carbocycles. The quantitative estimate of drug-likeness (QED) is 0.303. The number of allylic oxidation sites excluding steroid dienone is 2. The minimum absolute atomic E-state index is 0. The molecular weight excluding hydrogens is 303 g/mol. The zero-order valence-corrected chi connectivity index (χ0v) is 17.5. The number of epoxide rings is 1. The van der Waals surface area contributed by atoms with E-state index < -0.39 is 0 Å². The van der Waals surface area contributed by atoms with E-state index in [1.54, 1.807) is 0 Å². The molecular formula is C22H30NaO. The first-order valence-corrected chi connectivity index (χ1v) is 9.49. The Morgan fingerprint density at radius 1 is 0.917 bits per heavy atom. The molecule has 1 nitrogen and oxygen atoms in total. The van der Waals surface area contributed by atoms with E-state index in [0.717, 1.165) is 0 Å². The number of fused-ring (bicyclic) bond motifs is 1. The van der Waals surface area contributed by atoms with E-state index in [1.807, 2.05) is 0 Å². The first kappa shape index (κ1) is 20.0. The molecule has 3 rings (SSSR count). The third kappa shape index (κ3) is 4.85. The molecule has 1 saturated heterocycles. The van der Waals surface area contributed by atoms with E-state index in [-0.39, 0.29) is 41.3 Å². The molecule has 125 valence electrons. The molecule has 2 aliphatic rings. The second kappa shape index (κ2) is 9.97. The molecule has 2 atom stereocenters. The van der Waals surface area contributed by atoms with Crippen LogP contribution in [-0.2, 0) is 16.8 Å². The van der Waals surface area contributed by atoms with E-state index in [2.05, 4.69) is 55.5 Å². The fraction of sp³-hybridized carbons (Fsp3) is 0.545. The Balaban J connectivity index is 0.00000208. The molecule has 2 heteroatoms. The van der Waals surface area contributed by atoms with Crippen LogP contribution in [0.1, 0.15) is 69.4 Å². The van der Waals surface area contributed by atoms with Crippen LogP contribution in [0.3, 0.4) is 0 Å². The molecule has 1 heterocycles. The zero-order chi connectivity index (χ0) is 16.0. The van der Waals surface area contributed by atoms with Crippen LogP contribution in [0.2, 0.25) is 0 Å². The standard InChI is InChI=1S/C22H30O.Na/c1-2-3-4-5-6-7-8-9-14-19-15-10-11-16-20(19)22-18-13-12-17-21(22)23-22;/h10-13,15-18,21H,2-9,14H2,1H3;. The minimum Gasteiger partial charge on any atom is -0.352 e. The maximum atomic E-state index is 6.00. The average Bonchev–Trinajstić information content (AvgIpc) is 3.33. The molecule has 1 aromatic carbocycles. The van der Waals surface area contributed by atoms with Crippen molar-refractivity contribution in [2.75, 3.05) is 0 Å². The molecule has 1 aromatic rings. The Labute approximate surface area is 169 Å². The first-order valence-electron chi connectivity index (χ1n) is 9.49. The largest absolute Gasteiger partial charge is 0.352 e. The summed E-state index contributed by atoms with van der Waals surface area (Å²) in [7, 11) is 0. The van der Waals surface area contributed by atoms with Gasteiger partial charge >= 0.3 is 0 Å². The van der Waals surface area contributed by atoms with Crippen LogP contribution in [0, 0.1) is 0 Å². The summed E-state index contributed by atoms with van der Waals surface area (Å²) in [4.78, 5) is 0. The number of rotatable bonds is 10. The van der Waals surface area contributed by atoms with Gasteiger partial charge in [-0.2, -0.15) is 0 Å². The SMILES string of the molecule is CCCCCCCCCCc1ccccc1C12C=CC=CC1O2.[Na]. The van der Waals surface area contributed by atoms with Crippen molar-refractivity contribution in [1.29, 1.82) is 0 Å². The Bertz CT molecular complexity index is 563. The van der Waals surface area contributed by atoms with Crippen molar-refractivity contribution in [2.24, 2.45) is 0 Å². The van der Waals surface area contributed by atoms with Crippen LogP contribution < -0.4 is 0 Å². The van der Waals surface area contributed by atoms with E-state index in [9.17, 15) is 0 Å². The van der Waals surface area contributed by atoms with E-state index in [0.29, 0.717) is 0 Å². The van der Waals surface area contributed by atoms with Gasteiger partial charge < -0.3 is 4.74 Å². The fourth-order valence-electron chi connectivity index (χ4n) is 3.73. The van der Waals surface area contributed by atoms with Gasteiger partial charge in [-0.15, -0.1) is 0 Å². The van der Waals surface area contributed by atoms with Gasteiger partial charge in [-0.3, -0.25) is 0 Å². The van der Waals surface area contributed by atoms with Crippen molar-refractivity contribution < 1.29 is 4.74 Å². The number of ether oxygens (including phenoxy) is 1. The van der Waals surface area contributed by atoms with Crippen molar-refractivity contribution in [3.63, 3.8) is 0 Å². The van der Waals surface area contributed by atoms with Crippen LogP contribution in [0.4, 0.5) is 0 Å². The van der Waals surface area contributed by atoms with Crippen molar-refractivity contribution in [1.82, 2.24) is 0 Å². The molecule has 0 aromatic heterocycles. The molecule has 24 heavy (non-hydrogen) atoms. The number of hydrogen-bond donors (Lipinski definition) is 0. The van der Waals surface area contributed by atoms with Crippen LogP contribution in [0.15, 0.2) is 48.6 Å². The van der Waals surface area contributed by atoms with E-state index in [4.69, 9.17) is 4.74 Å². The Hall–Kier alpha value is -0.340. The Kier molecular flexibility index (Phi) is 8.30. The maximum Gasteiger partial charge on any atom is 0.142 e. The van der Waals surface area contributed by atoms with Gasteiger partial charge in [0.05, 0.1) is 0 Å². The second-order valence-electron chi connectivity index (χ2n) is 6.96. The normalized spacial score (nSPS) is 23.6. The summed E-state index contributed by atoms with van der Waals surface area (Å²) in [5, 5.41) is 0. The topological polar surface area (TPSA) is 12.5 Å². The fourth-order valence-corrected chi connectivity index (χ4v) is 3.73. The molecule has 0 spiro atoms. The molecule has 0 N–H and O–H groups in total. The summed E-state index contributed by atoms with van der Waals surface area (Å²) >= 11 is 0. The predicted molar refractivity (Wildman–Crippen MR) is 103 cm³/mol. The summed E-state index contributed by atoms with van der Waals surface area (Å²) in [6, 6.07) is 8.85. The van der Waals surface area contributed by atoms with Crippen molar-refractivity contribution in [3.05, 3.63) is 59.7 Å². The summed E-state index contributed by atoms with van der Waals surface area (Å²) in [5.74, 6) is 0. The molecule has 2 unspecified atom stereocenters. The third-order valence-corrected chi connectivity index (χ3v) is 5.17. The first-order chi connectivity index (χ1) is 11.4. The van der Waals surface area contributed by atoms with Crippen LogP contribution in [0.5, 0.6) is 0 Å². The van der Waals surface area contributed by atoms with Crippen LogP contribution in [-0.4, -0.2) is 35.7 Å². The molecule has 0 bridgehead atoms. The van der Waals surface area contributed by atoms with Crippen LogP contribution in [0.25, 0.3) is 0 Å². The summed E-state index contributed by atoms with van der Waals surface area (Å²) in [6.45, 7) is 2.28. The van der Waals surface area contributed by atoms with Gasteiger partial charge in [0.15, 0.2) is 0 Å². The molecule has 1 radical (unpaired) electrons. The minimum atomic E-state index is -0.147. The number of unbranched alkanes of at least 4 members (excludes halogenated alkanes) is 7. The third-order valence-electron chi connectivity index (χ3n) is 5.17. The smallest absolute Gasteiger partial charge is 0.142 e. The van der Waals surface area contributed by atoms with Gasteiger partial charge in [-0.1, -0.05) is 94.4 Å². The summed E-state index contributed by atoms with van der Waals surface area (Å²) in [5.41, 5.74) is 2.71. The van der Waals surface area contributed by atoms with Gasteiger partial charge in [0.1, 0.15) is 11.7 Å². The van der Waals surface area contributed by atoms with Gasteiger partial charge in [-0.05, 0) is 30.0 Å². The summed E-state index contributed by atoms with van der Waals surface area (Å²) in [6.07, 6.45) is 21.1. The zero-order valence-electron chi connectivity index (χ0n) is 15.5. The van der Waals surface area contributed by atoms with Gasteiger partial charge in [0, 0.05) is 29.6 Å². The van der Waals surface area contributed by atoms with Gasteiger partial charge in [0.25, 0.3) is 0 Å². The number of benzene rings is 1. The number of hydrogen-bond acceptors (Lipinski definition) is 1. The number of aryl methyl sites for hydroxylation is 1. The predicted octanol–water partition coefficient (Wildman–Crippen LogP) is 5.71. The monoisotopic (exact) mass is 333 g/mol. The summed E-state index contributed by atoms with van der Waals surface area (Å²) < 4.78 is 6.00. The molecule has 1 aliphatic carbocycles. The van der Waals surface area contributed by atoms with Gasteiger partial charge in [0.2, 0.25) is 0 Å². The molecule has 1 fully saturated rings. The van der Waals surface area contributed by atoms with Crippen molar-refractivity contribution in [3.8, 4) is 0 Å². The van der Waals surface area contributed by atoms with Crippen LogP contribution >= 0.6 is 0 Å². The average molecular weight is 333 g/mol. The Morgan fingerprint density at radius 3 is 2.38 bits per heavy atom. The molecule has 0 amide bonds. The van der Waals surface area contributed by atoms with E-state index in [1.165, 1.54) is 68.9 Å².